The number of fused-ring (bicyclic) bond motifs is 1. The van der Waals surface area contributed by atoms with E-state index in [1.165, 1.54) is 11.3 Å². The predicted molar refractivity (Wildman–Crippen MR) is 113 cm³/mol. The molecule has 0 fully saturated rings. The zero-order chi connectivity index (χ0) is 22.3. The quantitative estimate of drug-likeness (QED) is 0.390. The van der Waals surface area contributed by atoms with Crippen molar-refractivity contribution >= 4 is 50.4 Å². The minimum Gasteiger partial charge on any atom is -0.345 e. The Morgan fingerprint density at radius 2 is 2.16 bits per heavy atom. The Bertz CT molecular complexity index is 1270. The molecule has 7 nitrogen and oxygen atoms in total. The number of carbonyl (C=O) groups is 1. The lowest BCUT2D eigenvalue weighted by Gasteiger charge is -2.10. The van der Waals surface area contributed by atoms with Gasteiger partial charge >= 0.3 is 6.18 Å². The van der Waals surface area contributed by atoms with Crippen LogP contribution >= 0.6 is 38.9 Å². The molecular weight excluding hydrogens is 521 g/mol. The van der Waals surface area contributed by atoms with Crippen LogP contribution in [0.4, 0.5) is 13.2 Å². The van der Waals surface area contributed by atoms with Crippen molar-refractivity contribution in [2.75, 3.05) is 0 Å². The number of thiophene rings is 1. The van der Waals surface area contributed by atoms with Crippen LogP contribution in [-0.2, 0) is 19.3 Å². The van der Waals surface area contributed by atoms with Crippen molar-refractivity contribution in [2.45, 2.75) is 26.2 Å². The average molecular weight is 534 g/mol. The molecule has 162 valence electrons. The van der Waals surface area contributed by atoms with Crippen LogP contribution in [0.25, 0.3) is 16.2 Å². The summed E-state index contributed by atoms with van der Waals surface area (Å²) in [7, 11) is 0. The minimum atomic E-state index is -4.73. The Kier molecular flexibility index (Phi) is 5.79. The molecule has 13 heteroatoms. The summed E-state index contributed by atoms with van der Waals surface area (Å²) in [6.07, 6.45) is -3.14. The Labute approximate surface area is 191 Å². The maximum absolute atomic E-state index is 13.7. The third-order valence-electron chi connectivity index (χ3n) is 4.43. The Morgan fingerprint density at radius 1 is 1.39 bits per heavy atom. The third-order valence-corrected chi connectivity index (χ3v) is 6.33. The second-order valence-corrected chi connectivity index (χ2v) is 8.52. The maximum atomic E-state index is 13.7. The van der Waals surface area contributed by atoms with Crippen molar-refractivity contribution < 1.29 is 18.0 Å². The van der Waals surface area contributed by atoms with Crippen LogP contribution in [0.3, 0.4) is 0 Å². The molecule has 0 aliphatic rings. The molecule has 0 aromatic carbocycles. The highest BCUT2D eigenvalue weighted by atomic mass is 79.9. The monoisotopic (exact) mass is 532 g/mol. The van der Waals surface area contributed by atoms with E-state index < -0.39 is 17.8 Å². The zero-order valence-electron chi connectivity index (χ0n) is 15.7. The first-order valence-corrected chi connectivity index (χ1v) is 10.9. The second-order valence-electron chi connectivity index (χ2n) is 6.34. The summed E-state index contributed by atoms with van der Waals surface area (Å²) in [6.45, 7) is 2.55. The molecule has 4 rings (SSSR count). The lowest BCUT2D eigenvalue weighted by molar-refractivity contribution is -0.142. The van der Waals surface area contributed by atoms with Crippen LogP contribution in [0.5, 0.6) is 0 Å². The van der Waals surface area contributed by atoms with E-state index in [0.717, 1.165) is 6.07 Å². The van der Waals surface area contributed by atoms with E-state index in [2.05, 4.69) is 36.4 Å². The summed E-state index contributed by atoms with van der Waals surface area (Å²) in [6, 6.07) is 4.24. The van der Waals surface area contributed by atoms with Gasteiger partial charge in [-0.3, -0.25) is 9.48 Å². The molecule has 0 saturated heterocycles. The van der Waals surface area contributed by atoms with Gasteiger partial charge in [-0.15, -0.1) is 11.3 Å². The van der Waals surface area contributed by atoms with Crippen molar-refractivity contribution in [1.82, 2.24) is 29.7 Å². The van der Waals surface area contributed by atoms with Gasteiger partial charge in [0.2, 0.25) is 0 Å². The lowest BCUT2D eigenvalue weighted by Crippen LogP contribution is -2.25. The number of alkyl halides is 3. The molecule has 1 N–H and O–H groups in total. The fourth-order valence-corrected chi connectivity index (χ4v) is 4.34. The molecule has 0 unspecified atom stereocenters. The normalized spacial score (nSPS) is 11.9. The number of rotatable bonds is 5. The van der Waals surface area contributed by atoms with Gasteiger partial charge in [-0.05, 0) is 40.4 Å². The van der Waals surface area contributed by atoms with Gasteiger partial charge in [-0.2, -0.15) is 23.4 Å². The summed E-state index contributed by atoms with van der Waals surface area (Å²) in [5, 5.41) is 12.1. The fourth-order valence-electron chi connectivity index (χ4n) is 2.97. The SMILES string of the molecule is CCn1ncc(Br)c1CNC(=O)c1nn2c(C(F)(F)F)cc(-c3cccs3)nc2c1Cl. The van der Waals surface area contributed by atoms with Gasteiger partial charge in [-0.1, -0.05) is 17.7 Å². The predicted octanol–water partition coefficient (Wildman–Crippen LogP) is 5.04. The fraction of sp³-hybridized carbons (Fsp3) is 0.222. The number of carbonyl (C=O) groups excluding carboxylic acids is 1. The van der Waals surface area contributed by atoms with E-state index in [-0.39, 0.29) is 28.6 Å². The summed E-state index contributed by atoms with van der Waals surface area (Å²) in [5.41, 5.74) is -0.871. The number of nitrogens with one attached hydrogen (secondary N) is 1. The molecule has 4 aromatic rings. The van der Waals surface area contributed by atoms with Gasteiger partial charge in [0.05, 0.1) is 33.5 Å². The van der Waals surface area contributed by atoms with Gasteiger partial charge in [0.25, 0.3) is 5.91 Å². The number of hydrogen-bond donors (Lipinski definition) is 1. The largest absolute Gasteiger partial charge is 0.433 e. The summed E-state index contributed by atoms with van der Waals surface area (Å²) >= 11 is 10.9. The first-order valence-electron chi connectivity index (χ1n) is 8.89. The number of aryl methyl sites for hydroxylation is 1. The standard InChI is InChI=1S/C18H13BrClF3N6OS/c1-2-28-11(9(19)7-25-28)8-24-17(30)15-14(20)16-26-10(12-4-3-5-31-12)6-13(18(21,22)23)29(16)27-15/h3-7H,2,8H2,1H3,(H,24,30). The molecular formula is C18H13BrClF3N6OS. The molecule has 0 aliphatic heterocycles. The molecule has 4 heterocycles. The minimum absolute atomic E-state index is 0.0808. The first kappa shape index (κ1) is 21.8. The topological polar surface area (TPSA) is 77.1 Å². The summed E-state index contributed by atoms with van der Waals surface area (Å²) < 4.78 is 44.0. The summed E-state index contributed by atoms with van der Waals surface area (Å²) in [4.78, 5) is 17.5. The van der Waals surface area contributed by atoms with Gasteiger partial charge in [0.15, 0.2) is 17.0 Å². The van der Waals surface area contributed by atoms with Crippen LogP contribution in [0.1, 0.15) is 28.8 Å². The number of aromatic nitrogens is 5. The molecule has 0 atom stereocenters. The van der Waals surface area contributed by atoms with E-state index >= 15 is 0 Å². The third kappa shape index (κ3) is 4.06. The van der Waals surface area contributed by atoms with Gasteiger partial charge in [0, 0.05) is 6.54 Å². The zero-order valence-corrected chi connectivity index (χ0v) is 18.9. The number of nitrogens with zero attached hydrogens (tertiary/aromatic N) is 5. The van der Waals surface area contributed by atoms with E-state index in [9.17, 15) is 18.0 Å². The number of halogens is 5. The van der Waals surface area contributed by atoms with Crippen molar-refractivity contribution in [3.05, 3.63) is 56.4 Å². The average Bonchev–Trinajstić information content (AvgIpc) is 3.44. The van der Waals surface area contributed by atoms with E-state index in [4.69, 9.17) is 11.6 Å². The van der Waals surface area contributed by atoms with Crippen molar-refractivity contribution in [1.29, 1.82) is 0 Å². The van der Waals surface area contributed by atoms with E-state index in [0.29, 0.717) is 26.1 Å². The van der Waals surface area contributed by atoms with Crippen molar-refractivity contribution in [2.24, 2.45) is 0 Å². The summed E-state index contributed by atoms with van der Waals surface area (Å²) in [5.74, 6) is -0.725. The Hall–Kier alpha value is -2.44. The number of hydrogen-bond acceptors (Lipinski definition) is 5. The van der Waals surface area contributed by atoms with Crippen molar-refractivity contribution in [3.63, 3.8) is 0 Å². The molecule has 0 radical (unpaired) electrons. The van der Waals surface area contributed by atoms with Crippen molar-refractivity contribution in [3.8, 4) is 10.6 Å². The van der Waals surface area contributed by atoms with Gasteiger partial charge in [0.1, 0.15) is 5.02 Å². The van der Waals surface area contributed by atoms with Crippen LogP contribution < -0.4 is 5.32 Å². The molecule has 31 heavy (non-hydrogen) atoms. The van der Waals surface area contributed by atoms with Crippen LogP contribution in [-0.4, -0.2) is 30.3 Å². The van der Waals surface area contributed by atoms with Crippen LogP contribution in [0.2, 0.25) is 5.02 Å². The Morgan fingerprint density at radius 3 is 2.81 bits per heavy atom. The molecule has 0 bridgehead atoms. The lowest BCUT2D eigenvalue weighted by atomic mass is 10.2. The molecule has 4 aromatic heterocycles. The van der Waals surface area contributed by atoms with Gasteiger partial charge < -0.3 is 5.32 Å². The smallest absolute Gasteiger partial charge is 0.345 e. The van der Waals surface area contributed by atoms with Crippen LogP contribution in [0.15, 0.2) is 34.2 Å². The molecule has 0 saturated carbocycles. The van der Waals surface area contributed by atoms with Gasteiger partial charge in [-0.25, -0.2) is 9.50 Å². The molecule has 0 spiro atoms. The number of amides is 1. The van der Waals surface area contributed by atoms with E-state index in [1.807, 2.05) is 6.92 Å². The molecule has 1 amide bonds. The molecule has 0 aliphatic carbocycles. The Balaban J connectivity index is 1.74. The highest BCUT2D eigenvalue weighted by Crippen LogP contribution is 2.35. The van der Waals surface area contributed by atoms with Crippen LogP contribution in [0, 0.1) is 0 Å². The highest BCUT2D eigenvalue weighted by molar-refractivity contribution is 9.10. The highest BCUT2D eigenvalue weighted by Gasteiger charge is 2.36. The maximum Gasteiger partial charge on any atom is 0.433 e. The first-order chi connectivity index (χ1) is 14.7. The second kappa shape index (κ2) is 8.24. The van der Waals surface area contributed by atoms with E-state index in [1.54, 1.807) is 28.4 Å².